The van der Waals surface area contributed by atoms with Crippen LogP contribution in [0.3, 0.4) is 0 Å². The molecule has 4 aromatic carbocycles. The Morgan fingerprint density at radius 1 is 0.320 bits per heavy atom. The summed E-state index contributed by atoms with van der Waals surface area (Å²) in [4.78, 5) is 0. The van der Waals surface area contributed by atoms with Gasteiger partial charge >= 0.3 is 305 Å². The van der Waals surface area contributed by atoms with Crippen molar-refractivity contribution in [1.82, 2.24) is 0 Å². The predicted octanol–water partition coefficient (Wildman–Crippen LogP) is 9.04. The maximum Gasteiger partial charge on any atom is -0.147 e. The number of allylic oxidation sites excluding steroid dienone is 16. The molecule has 0 bridgehead atoms. The van der Waals surface area contributed by atoms with Crippen LogP contribution in [0.4, 0.5) is 0 Å². The molecule has 0 atom stereocenters. The zero-order chi connectivity index (χ0) is 32.4. The van der Waals surface area contributed by atoms with E-state index in [1.54, 1.807) is 34.1 Å². The van der Waals surface area contributed by atoms with Crippen LogP contribution >= 0.6 is 24.8 Å². The molecule has 50 heavy (non-hydrogen) atoms. The summed E-state index contributed by atoms with van der Waals surface area (Å²) in [5, 5.41) is 6.38. The van der Waals surface area contributed by atoms with Gasteiger partial charge in [0.05, 0.1) is 0 Å². The fourth-order valence-corrected chi connectivity index (χ4v) is 63.0. The number of hydrogen-bond acceptors (Lipinski definition) is 0. The van der Waals surface area contributed by atoms with Crippen LogP contribution in [-0.2, 0) is 40.1 Å². The van der Waals surface area contributed by atoms with E-state index >= 15 is 0 Å². The third kappa shape index (κ3) is 9.50. The Labute approximate surface area is 326 Å². The average molecular weight is 1050 g/mol. The fourth-order valence-electron chi connectivity index (χ4n) is 6.92. The van der Waals surface area contributed by atoms with Crippen LogP contribution in [0.5, 0.6) is 0 Å². The summed E-state index contributed by atoms with van der Waals surface area (Å²) in [6.45, 7) is 0. The zero-order valence-corrected chi connectivity index (χ0v) is 38.9. The summed E-state index contributed by atoms with van der Waals surface area (Å²) < 4.78 is 7.15. The van der Waals surface area contributed by atoms with Gasteiger partial charge in [-0.2, -0.15) is 0 Å². The Bertz CT molecular complexity index is 1790. The van der Waals surface area contributed by atoms with E-state index in [9.17, 15) is 0 Å². The molecular weight excluding hydrogens is 1010 g/mol. The molecule has 0 aromatic heterocycles. The number of hydrogen-bond donors (Lipinski definition) is 0. The van der Waals surface area contributed by atoms with Crippen LogP contribution < -0.4 is 20.7 Å². The molecule has 0 heterocycles. The maximum absolute atomic E-state index is 2.44. The predicted molar refractivity (Wildman–Crippen MR) is 218 cm³/mol. The minimum atomic E-state index is -2.14. The molecule has 0 unspecified atom stereocenters. The summed E-state index contributed by atoms with van der Waals surface area (Å²) in [6, 6.07) is 45.3. The van der Waals surface area contributed by atoms with Crippen molar-refractivity contribution in [2.24, 2.45) is 0 Å². The van der Waals surface area contributed by atoms with E-state index in [2.05, 4.69) is 194 Å². The molecule has 0 radical (unpaired) electrons. The van der Waals surface area contributed by atoms with Gasteiger partial charge < -0.3 is 0 Å². The average Bonchev–Trinajstić information content (AvgIpc) is 4.00. The van der Waals surface area contributed by atoms with Crippen LogP contribution in [0.15, 0.2) is 208 Å². The molecule has 6 heteroatoms. The number of halogens is 2. The van der Waals surface area contributed by atoms with Crippen molar-refractivity contribution >= 4 is 56.6 Å². The molecule has 0 nitrogen and oxygen atoms in total. The van der Waals surface area contributed by atoms with E-state index in [0.717, 1.165) is 0 Å². The van der Waals surface area contributed by atoms with Gasteiger partial charge in [-0.3, -0.25) is 0 Å². The zero-order valence-electron chi connectivity index (χ0n) is 28.1. The molecule has 8 rings (SSSR count). The third-order valence-electron chi connectivity index (χ3n) is 9.12. The van der Waals surface area contributed by atoms with Gasteiger partial charge in [0, 0.05) is 0 Å². The van der Waals surface area contributed by atoms with Crippen LogP contribution in [0, 0.1) is 0 Å². The molecule has 0 aliphatic heterocycles. The molecule has 0 saturated carbocycles. The van der Waals surface area contributed by atoms with Gasteiger partial charge in [-0.25, -0.2) is 0 Å². The minimum Gasteiger partial charge on any atom is -0.147 e. The largest absolute Gasteiger partial charge is 0.147 e. The maximum atomic E-state index is 2.44. The second-order valence-electron chi connectivity index (χ2n) is 12.3. The van der Waals surface area contributed by atoms with E-state index in [0.29, 0.717) is 0 Å². The second kappa shape index (κ2) is 20.0. The van der Waals surface area contributed by atoms with Crippen molar-refractivity contribution in [1.29, 1.82) is 0 Å². The van der Waals surface area contributed by atoms with Gasteiger partial charge in [-0.15, -0.1) is 24.8 Å². The van der Waals surface area contributed by atoms with Crippen LogP contribution in [-0.4, -0.2) is 11.0 Å². The number of rotatable bonds is 8. The molecule has 0 fully saturated rings. The summed E-state index contributed by atoms with van der Waals surface area (Å²) in [5.41, 5.74) is -1.42. The van der Waals surface area contributed by atoms with E-state index in [4.69, 9.17) is 0 Å². The molecular formula is C44H42Cl2Hf2Si2. The van der Waals surface area contributed by atoms with Gasteiger partial charge in [0.1, 0.15) is 0 Å². The quantitative estimate of drug-likeness (QED) is 0.155. The fraction of sp³-hybridized carbons (Fsp3) is 0.0909. The standard InChI is InChI=1S/2C12H10Si.4C5H5.2ClH.2Hf/c2*1-3-7-11(8-4-1)13-12-9-5-2-6-10-12;4*1-2-4-5-3-1;;;;/h2*1-10H;4*1-3H,4H2;2*1H;;. The second-order valence-corrected chi connectivity index (χ2v) is 49.7. The third-order valence-corrected chi connectivity index (χ3v) is 62.1. The van der Waals surface area contributed by atoms with Gasteiger partial charge in [0.15, 0.2) is 0 Å². The molecule has 4 aromatic rings. The van der Waals surface area contributed by atoms with Crippen LogP contribution in [0.2, 0.25) is 0 Å². The van der Waals surface area contributed by atoms with Crippen molar-refractivity contribution in [2.75, 3.05) is 0 Å². The van der Waals surface area contributed by atoms with Crippen molar-refractivity contribution in [3.8, 4) is 0 Å². The first-order valence-electron chi connectivity index (χ1n) is 17.0. The summed E-state index contributed by atoms with van der Waals surface area (Å²) in [5.74, 6) is 0. The van der Waals surface area contributed by atoms with Crippen molar-refractivity contribution in [2.45, 2.75) is 25.7 Å². The molecule has 4 aliphatic rings. The van der Waals surface area contributed by atoms with E-state index < -0.39 is 51.1 Å². The summed E-state index contributed by atoms with van der Waals surface area (Å²) in [6.07, 6.45) is 33.0. The smallest absolute Gasteiger partial charge is 0.147 e. The first-order chi connectivity index (χ1) is 23.9. The Balaban J connectivity index is 0.000000187. The summed E-state index contributed by atoms with van der Waals surface area (Å²) in [7, 11) is 0. The molecule has 4 aliphatic carbocycles. The van der Waals surface area contributed by atoms with Crippen molar-refractivity contribution in [3.05, 3.63) is 208 Å². The van der Waals surface area contributed by atoms with E-state index in [1.165, 1.54) is 25.7 Å². The van der Waals surface area contributed by atoms with E-state index in [-0.39, 0.29) is 24.8 Å². The molecule has 0 N–H and O–H groups in total. The normalized spacial score (nSPS) is 14.7. The summed E-state index contributed by atoms with van der Waals surface area (Å²) >= 11 is -4.27. The Kier molecular flexibility index (Phi) is 15.5. The molecule has 248 valence electrons. The van der Waals surface area contributed by atoms with Crippen LogP contribution in [0.25, 0.3) is 0 Å². The van der Waals surface area contributed by atoms with Crippen LogP contribution in [0.1, 0.15) is 25.7 Å². The first kappa shape index (κ1) is 38.8. The first-order valence-corrected chi connectivity index (χ1v) is 38.0. The molecule has 0 spiro atoms. The Morgan fingerprint density at radius 3 is 0.720 bits per heavy atom. The van der Waals surface area contributed by atoms with Gasteiger partial charge in [-0.05, 0) is 0 Å². The van der Waals surface area contributed by atoms with Gasteiger partial charge in [0.2, 0.25) is 0 Å². The Morgan fingerprint density at radius 2 is 0.540 bits per heavy atom. The van der Waals surface area contributed by atoms with Gasteiger partial charge in [0.25, 0.3) is 0 Å². The van der Waals surface area contributed by atoms with E-state index in [1.807, 2.05) is 0 Å². The van der Waals surface area contributed by atoms with Crippen molar-refractivity contribution in [3.63, 3.8) is 0 Å². The topological polar surface area (TPSA) is 0 Å². The molecule has 0 saturated heterocycles. The Hall–Kier alpha value is -2.45. The monoisotopic (exact) mass is 1060 g/mol. The van der Waals surface area contributed by atoms with Gasteiger partial charge in [-0.1, -0.05) is 0 Å². The van der Waals surface area contributed by atoms with Crippen molar-refractivity contribution < 1.29 is 40.1 Å². The molecule has 0 amide bonds. The SMILES string of the molecule is C1=CC[C]([Hf]([C]2=CC=CC2)=[Si](c2ccccc2)c2ccccc2)=C1.C1=CC[C]([Hf]([C]2=CC=CC2)=[Si](c2ccccc2)c2ccccc2)=C1.Cl.Cl. The number of benzene rings is 4. The minimum absolute atomic E-state index is 0.